The van der Waals surface area contributed by atoms with E-state index in [-0.39, 0.29) is 5.75 Å². The molecule has 12 rings (SSSR count). The Balaban J connectivity index is 1.22. The number of rotatable bonds is 4. The van der Waals surface area contributed by atoms with Gasteiger partial charge in [-0.3, -0.25) is 0 Å². The first-order valence-corrected chi connectivity index (χ1v) is 19.1. The third kappa shape index (κ3) is 4.22. The highest BCUT2D eigenvalue weighted by molar-refractivity contribution is 6.26. The molecule has 6 heteroatoms. The van der Waals surface area contributed by atoms with Crippen molar-refractivity contribution in [1.29, 1.82) is 0 Å². The number of fused-ring (bicyclic) bond motifs is 17. The monoisotopic (exact) mass is 744 g/mol. The van der Waals surface area contributed by atoms with Crippen molar-refractivity contribution in [3.05, 3.63) is 198 Å². The second kappa shape index (κ2) is 11.3. The molecule has 0 fully saturated rings. The molecule has 57 heavy (non-hydrogen) atoms. The molecule has 0 unspecified atom stereocenters. The van der Waals surface area contributed by atoms with E-state index in [9.17, 15) is 13.2 Å². The molecule has 2 aromatic heterocycles. The number of para-hydroxylation sites is 3. The van der Waals surface area contributed by atoms with Gasteiger partial charge in [-0.2, -0.15) is 0 Å². The van der Waals surface area contributed by atoms with E-state index in [2.05, 4.69) is 130 Å². The SMILES string of the molecule is Cc1ccccc1N(c1cccc(OC(F)(F)F)c1)c1ccc2c(c1)C1(c3ccccc3-c3ccccc31)c1ccc3c4cccc5c6ccccc6n(c3c1-2)c54. The van der Waals surface area contributed by atoms with Gasteiger partial charge in [-0.05, 0) is 87.8 Å². The number of hydrogen-bond acceptors (Lipinski definition) is 2. The van der Waals surface area contributed by atoms with Crippen LogP contribution in [0.4, 0.5) is 30.2 Å². The summed E-state index contributed by atoms with van der Waals surface area (Å²) in [6.07, 6.45) is -4.82. The Morgan fingerprint density at radius 1 is 0.509 bits per heavy atom. The maximum absolute atomic E-state index is 13.6. The first kappa shape index (κ1) is 32.2. The number of hydrogen-bond donors (Lipinski definition) is 0. The first-order valence-electron chi connectivity index (χ1n) is 19.1. The molecule has 2 heterocycles. The molecule has 0 saturated carbocycles. The van der Waals surface area contributed by atoms with Crippen molar-refractivity contribution in [2.75, 3.05) is 4.90 Å². The molecular formula is C51H31F3N2O. The fourth-order valence-electron chi connectivity index (χ4n) is 10.3. The summed E-state index contributed by atoms with van der Waals surface area (Å²) in [4.78, 5) is 2.05. The number of aromatic nitrogens is 1. The normalized spacial score (nSPS) is 13.8. The van der Waals surface area contributed by atoms with Gasteiger partial charge in [-0.15, -0.1) is 13.2 Å². The van der Waals surface area contributed by atoms with Gasteiger partial charge in [0.2, 0.25) is 0 Å². The first-order chi connectivity index (χ1) is 27.8. The lowest BCUT2D eigenvalue weighted by atomic mass is 9.70. The quantitative estimate of drug-likeness (QED) is 0.178. The van der Waals surface area contributed by atoms with Crippen LogP contribution in [0.2, 0.25) is 0 Å². The van der Waals surface area contributed by atoms with E-state index in [0.29, 0.717) is 5.69 Å². The Hall–Kier alpha value is -7.05. The Labute approximate surface area is 325 Å². The Morgan fingerprint density at radius 2 is 1.14 bits per heavy atom. The summed E-state index contributed by atoms with van der Waals surface area (Å²) < 4.78 is 47.6. The summed E-state index contributed by atoms with van der Waals surface area (Å²) in [5.74, 6) is -0.275. The van der Waals surface area contributed by atoms with Crippen molar-refractivity contribution >= 4 is 55.2 Å². The molecule has 1 spiro atoms. The Bertz CT molecular complexity index is 3260. The number of anilines is 3. The summed E-state index contributed by atoms with van der Waals surface area (Å²) in [5, 5.41) is 4.89. The maximum atomic E-state index is 13.6. The van der Waals surface area contributed by atoms with Crippen molar-refractivity contribution < 1.29 is 17.9 Å². The number of halogens is 3. The minimum atomic E-state index is -4.82. The highest BCUT2D eigenvalue weighted by Gasteiger charge is 2.52. The zero-order valence-corrected chi connectivity index (χ0v) is 30.6. The molecule has 8 aromatic carbocycles. The molecule has 0 atom stereocenters. The zero-order chi connectivity index (χ0) is 38.2. The van der Waals surface area contributed by atoms with Gasteiger partial charge in [0, 0.05) is 50.2 Å². The van der Waals surface area contributed by atoms with Crippen molar-refractivity contribution in [1.82, 2.24) is 4.40 Å². The molecule has 0 aliphatic heterocycles. The van der Waals surface area contributed by atoms with Crippen molar-refractivity contribution in [2.24, 2.45) is 0 Å². The molecule has 2 aliphatic carbocycles. The zero-order valence-electron chi connectivity index (χ0n) is 30.6. The van der Waals surface area contributed by atoms with E-state index in [1.165, 1.54) is 83.6 Å². The van der Waals surface area contributed by atoms with Crippen LogP contribution < -0.4 is 9.64 Å². The van der Waals surface area contributed by atoms with E-state index in [0.717, 1.165) is 28.1 Å². The summed E-state index contributed by atoms with van der Waals surface area (Å²) in [7, 11) is 0. The molecule has 0 saturated heterocycles. The van der Waals surface area contributed by atoms with Crippen LogP contribution in [-0.2, 0) is 5.41 Å². The second-order valence-electron chi connectivity index (χ2n) is 15.2. The topological polar surface area (TPSA) is 16.9 Å². The highest BCUT2D eigenvalue weighted by Crippen LogP contribution is 2.65. The van der Waals surface area contributed by atoms with Crippen LogP contribution in [-0.4, -0.2) is 10.8 Å². The molecule has 10 aromatic rings. The van der Waals surface area contributed by atoms with Crippen LogP contribution in [0, 0.1) is 6.92 Å². The Kier molecular flexibility index (Phi) is 6.37. The number of benzene rings is 8. The van der Waals surface area contributed by atoms with Gasteiger partial charge < -0.3 is 14.0 Å². The van der Waals surface area contributed by atoms with Crippen LogP contribution in [0.1, 0.15) is 27.8 Å². The molecule has 0 N–H and O–H groups in total. The van der Waals surface area contributed by atoms with Crippen LogP contribution in [0.3, 0.4) is 0 Å². The van der Waals surface area contributed by atoms with E-state index < -0.39 is 11.8 Å². The van der Waals surface area contributed by atoms with E-state index in [1.807, 2.05) is 42.2 Å². The molecule has 0 amide bonds. The second-order valence-corrected chi connectivity index (χ2v) is 15.2. The largest absolute Gasteiger partial charge is 0.573 e. The highest BCUT2D eigenvalue weighted by atomic mass is 19.4. The lowest BCUT2D eigenvalue weighted by Gasteiger charge is -2.32. The fraction of sp³-hybridized carbons (Fsp3) is 0.0588. The molecule has 0 bridgehead atoms. The fourth-order valence-corrected chi connectivity index (χ4v) is 10.3. The van der Waals surface area contributed by atoms with E-state index in [1.54, 1.807) is 6.07 Å². The number of ether oxygens (including phenoxy) is 1. The average molecular weight is 745 g/mol. The standard InChI is InChI=1S/C51H31F3N2O/c1-30-12-2-8-22-45(30)55(31-13-10-14-33(28-31)57-51(52,53)54)32-24-25-40-44(29-32)50(41-20-6-3-15-34(41)35-16-4-7-21-42(35)50)43-27-26-39-38-19-11-18-37-36-17-5-9-23-46(36)56(48(37)38)49(39)47(40)43/h2-29H,1H3. The van der Waals surface area contributed by atoms with Crippen LogP contribution in [0.5, 0.6) is 5.75 Å². The van der Waals surface area contributed by atoms with Crippen molar-refractivity contribution in [3.8, 4) is 28.0 Å². The molecule has 0 radical (unpaired) electrons. The smallest absolute Gasteiger partial charge is 0.406 e. The van der Waals surface area contributed by atoms with Gasteiger partial charge in [0.15, 0.2) is 0 Å². The van der Waals surface area contributed by atoms with Gasteiger partial charge in [0.1, 0.15) is 5.75 Å². The lowest BCUT2D eigenvalue weighted by molar-refractivity contribution is -0.274. The lowest BCUT2D eigenvalue weighted by Crippen LogP contribution is -2.26. The van der Waals surface area contributed by atoms with E-state index in [4.69, 9.17) is 0 Å². The summed E-state index contributed by atoms with van der Waals surface area (Å²) in [5.41, 5.74) is 15.6. The number of nitrogens with zero attached hydrogens (tertiary/aromatic N) is 2. The summed E-state index contributed by atoms with van der Waals surface area (Å²) >= 11 is 0. The van der Waals surface area contributed by atoms with Crippen molar-refractivity contribution in [3.63, 3.8) is 0 Å². The third-order valence-electron chi connectivity index (χ3n) is 12.3. The van der Waals surface area contributed by atoms with Crippen molar-refractivity contribution in [2.45, 2.75) is 18.7 Å². The Morgan fingerprint density at radius 3 is 1.91 bits per heavy atom. The van der Waals surface area contributed by atoms with Crippen LogP contribution in [0.25, 0.3) is 60.3 Å². The number of aryl methyl sites for hydroxylation is 1. The molecular weight excluding hydrogens is 714 g/mol. The molecule has 3 nitrogen and oxygen atoms in total. The van der Waals surface area contributed by atoms with Gasteiger partial charge in [0.05, 0.1) is 22.0 Å². The summed E-state index contributed by atoms with van der Waals surface area (Å²) in [6.45, 7) is 2.02. The van der Waals surface area contributed by atoms with Gasteiger partial charge in [0.25, 0.3) is 0 Å². The van der Waals surface area contributed by atoms with Crippen LogP contribution >= 0.6 is 0 Å². The molecule has 2 aliphatic rings. The van der Waals surface area contributed by atoms with Gasteiger partial charge in [-0.25, -0.2) is 0 Å². The maximum Gasteiger partial charge on any atom is 0.573 e. The van der Waals surface area contributed by atoms with Gasteiger partial charge >= 0.3 is 6.36 Å². The third-order valence-corrected chi connectivity index (χ3v) is 12.3. The number of alkyl halides is 3. The predicted molar refractivity (Wildman–Crippen MR) is 224 cm³/mol. The average Bonchev–Trinajstić information content (AvgIpc) is 3.93. The van der Waals surface area contributed by atoms with Gasteiger partial charge in [-0.1, -0.05) is 127 Å². The summed E-state index contributed by atoms with van der Waals surface area (Å²) in [6, 6.07) is 58.3. The molecule has 272 valence electrons. The predicted octanol–water partition coefficient (Wildman–Crippen LogP) is 13.9. The minimum absolute atomic E-state index is 0.275. The van der Waals surface area contributed by atoms with Crippen LogP contribution in [0.15, 0.2) is 170 Å². The van der Waals surface area contributed by atoms with E-state index >= 15 is 0 Å². The minimum Gasteiger partial charge on any atom is -0.406 e.